The molecule has 0 aliphatic heterocycles. The van der Waals surface area contributed by atoms with Gasteiger partial charge in [0.2, 0.25) is 0 Å². The van der Waals surface area contributed by atoms with Crippen molar-refractivity contribution in [1.29, 1.82) is 0 Å². The molecule has 1 aromatic heterocycles. The Morgan fingerprint density at radius 1 is 1.27 bits per heavy atom. The summed E-state index contributed by atoms with van der Waals surface area (Å²) in [4.78, 5) is 1.38. The molecule has 0 atom stereocenters. The first-order valence-corrected chi connectivity index (χ1v) is 5.16. The maximum atomic E-state index is 2.20. The summed E-state index contributed by atoms with van der Waals surface area (Å²) in [6.45, 7) is 0. The van der Waals surface area contributed by atoms with Crippen LogP contribution in [0.1, 0.15) is 4.88 Å². The molecule has 2 heteroatoms. The molecule has 0 unspecified atom stereocenters. The third-order valence-electron chi connectivity index (χ3n) is 1.67. The quantitative estimate of drug-likeness (QED) is 0.612. The molecule has 0 N–H and O–H groups in total. The summed E-state index contributed by atoms with van der Waals surface area (Å²) in [6.07, 6.45) is 0. The predicted octanol–water partition coefficient (Wildman–Crippen LogP) is 2.60. The molecule has 11 heavy (non-hydrogen) atoms. The van der Waals surface area contributed by atoms with E-state index in [2.05, 4.69) is 53.9 Å². The van der Waals surface area contributed by atoms with E-state index >= 15 is 0 Å². The Bertz CT molecular complexity index is 389. The molecular formula is C9H6STi. The Labute approximate surface area is 80.8 Å². The van der Waals surface area contributed by atoms with Crippen LogP contribution in [0.2, 0.25) is 0 Å². The van der Waals surface area contributed by atoms with Crippen LogP contribution in [0.25, 0.3) is 10.8 Å². The molecule has 2 aromatic rings. The topological polar surface area (TPSA) is 0 Å². The molecule has 0 amide bonds. The zero-order valence-corrected chi connectivity index (χ0v) is 8.25. The van der Waals surface area contributed by atoms with Crippen molar-refractivity contribution < 1.29 is 20.0 Å². The van der Waals surface area contributed by atoms with Gasteiger partial charge in [0.15, 0.2) is 0 Å². The van der Waals surface area contributed by atoms with Gasteiger partial charge in [0.1, 0.15) is 0 Å². The van der Waals surface area contributed by atoms with E-state index in [0.29, 0.717) is 0 Å². The molecule has 0 saturated carbocycles. The Morgan fingerprint density at radius 2 is 2.09 bits per heavy atom. The summed E-state index contributed by atoms with van der Waals surface area (Å²) < 4.78 is 2.16. The van der Waals surface area contributed by atoms with Gasteiger partial charge >= 0.3 is 80.9 Å². The average Bonchev–Trinajstić information content (AvgIpc) is 2.47. The van der Waals surface area contributed by atoms with Gasteiger partial charge in [-0.1, -0.05) is 0 Å². The summed E-state index contributed by atoms with van der Waals surface area (Å²) in [7, 11) is 0. The third kappa shape index (κ3) is 1.24. The van der Waals surface area contributed by atoms with Crippen molar-refractivity contribution in [3.8, 4) is 0 Å². The van der Waals surface area contributed by atoms with Crippen LogP contribution < -0.4 is 0 Å². The first-order chi connectivity index (χ1) is 5.42. The summed E-state index contributed by atoms with van der Waals surface area (Å²) in [5.74, 6) is 0. The molecule has 0 spiro atoms. The molecule has 1 aromatic carbocycles. The van der Waals surface area contributed by atoms with Crippen molar-refractivity contribution in [3.05, 3.63) is 34.5 Å². The first kappa shape index (κ1) is 7.42. The molecule has 0 aliphatic rings. The Kier molecular flexibility index (Phi) is 2.03. The van der Waals surface area contributed by atoms with Crippen LogP contribution >= 0.6 is 11.3 Å². The average molecular weight is 194 g/mol. The number of benzene rings is 1. The SMILES string of the molecule is [Ti]=[CH]c1scc2ccccc12. The predicted molar refractivity (Wildman–Crippen MR) is 47.0 cm³/mol. The summed E-state index contributed by atoms with van der Waals surface area (Å²) in [5, 5.41) is 4.93. The molecule has 1 heterocycles. The van der Waals surface area contributed by atoms with Crippen molar-refractivity contribution >= 4 is 26.4 Å². The minimum absolute atomic E-state index is 1.35. The van der Waals surface area contributed by atoms with Crippen LogP contribution in [0.5, 0.6) is 0 Å². The van der Waals surface area contributed by atoms with E-state index in [9.17, 15) is 0 Å². The van der Waals surface area contributed by atoms with E-state index in [0.717, 1.165) is 0 Å². The van der Waals surface area contributed by atoms with Crippen LogP contribution in [0, 0.1) is 0 Å². The number of rotatable bonds is 1. The fraction of sp³-hybridized carbons (Fsp3) is 0. The van der Waals surface area contributed by atoms with E-state index in [1.807, 2.05) is 11.3 Å². The molecule has 0 saturated heterocycles. The molecule has 52 valence electrons. The summed E-state index contributed by atoms with van der Waals surface area (Å²) in [5.41, 5.74) is 0. The molecule has 0 nitrogen and oxygen atoms in total. The Morgan fingerprint density at radius 3 is 2.91 bits per heavy atom. The standard InChI is InChI=1S/C9H6S.Ti/c1-7-9-5-3-2-4-8(9)6-10-7;/h1-6H;. The molecule has 0 aliphatic carbocycles. The molecule has 0 fully saturated rings. The number of fused-ring (bicyclic) bond motifs is 1. The summed E-state index contributed by atoms with van der Waals surface area (Å²) in [6, 6.07) is 8.48. The van der Waals surface area contributed by atoms with Gasteiger partial charge in [0.05, 0.1) is 0 Å². The monoisotopic (exact) mass is 194 g/mol. The number of thiophene rings is 1. The van der Waals surface area contributed by atoms with Crippen molar-refractivity contribution in [3.63, 3.8) is 0 Å². The van der Waals surface area contributed by atoms with E-state index in [1.54, 1.807) is 0 Å². The normalized spacial score (nSPS) is 10.1. The second-order valence-electron chi connectivity index (χ2n) is 2.33. The van der Waals surface area contributed by atoms with Crippen molar-refractivity contribution in [2.75, 3.05) is 0 Å². The van der Waals surface area contributed by atoms with Gasteiger partial charge in [-0.2, -0.15) is 0 Å². The maximum absolute atomic E-state index is 2.20. The Hall–Kier alpha value is -0.236. The first-order valence-electron chi connectivity index (χ1n) is 3.38. The number of hydrogen-bond acceptors (Lipinski definition) is 1. The molecule has 2 rings (SSSR count). The van der Waals surface area contributed by atoms with Crippen LogP contribution in [0.15, 0.2) is 29.6 Å². The van der Waals surface area contributed by atoms with Gasteiger partial charge in [-0.25, -0.2) is 0 Å². The van der Waals surface area contributed by atoms with Crippen molar-refractivity contribution in [2.24, 2.45) is 0 Å². The van der Waals surface area contributed by atoms with Crippen LogP contribution in [0.4, 0.5) is 0 Å². The second kappa shape index (κ2) is 3.02. The second-order valence-corrected chi connectivity index (χ2v) is 3.69. The number of hydrogen-bond donors (Lipinski definition) is 0. The van der Waals surface area contributed by atoms with E-state index < -0.39 is 0 Å². The molecular weight excluding hydrogens is 188 g/mol. The van der Waals surface area contributed by atoms with Gasteiger partial charge in [-0.3, -0.25) is 0 Å². The fourth-order valence-corrected chi connectivity index (χ4v) is 2.53. The van der Waals surface area contributed by atoms with E-state index in [4.69, 9.17) is 0 Å². The van der Waals surface area contributed by atoms with Crippen LogP contribution in [0.3, 0.4) is 0 Å². The van der Waals surface area contributed by atoms with Crippen molar-refractivity contribution in [1.82, 2.24) is 0 Å². The van der Waals surface area contributed by atoms with E-state index in [1.165, 1.54) is 15.6 Å². The summed E-state index contributed by atoms with van der Waals surface area (Å²) >= 11 is 3.89. The van der Waals surface area contributed by atoms with Crippen molar-refractivity contribution in [2.45, 2.75) is 0 Å². The molecule has 0 radical (unpaired) electrons. The van der Waals surface area contributed by atoms with Gasteiger partial charge in [-0.15, -0.1) is 0 Å². The van der Waals surface area contributed by atoms with Gasteiger partial charge in [-0.05, 0) is 0 Å². The van der Waals surface area contributed by atoms with Crippen LogP contribution in [-0.4, -0.2) is 4.31 Å². The zero-order chi connectivity index (χ0) is 7.68. The minimum atomic E-state index is 1.35. The van der Waals surface area contributed by atoms with Gasteiger partial charge in [0, 0.05) is 0 Å². The van der Waals surface area contributed by atoms with Crippen LogP contribution in [-0.2, 0) is 20.0 Å². The fourth-order valence-electron chi connectivity index (χ4n) is 1.13. The zero-order valence-electron chi connectivity index (χ0n) is 5.87. The Balaban J connectivity index is 2.86. The third-order valence-corrected chi connectivity index (χ3v) is 3.41. The molecule has 0 bridgehead atoms. The van der Waals surface area contributed by atoms with Gasteiger partial charge in [0.25, 0.3) is 0 Å². The van der Waals surface area contributed by atoms with Gasteiger partial charge < -0.3 is 0 Å². The van der Waals surface area contributed by atoms with E-state index in [-0.39, 0.29) is 0 Å².